The first-order chi connectivity index (χ1) is 4.93. The summed E-state index contributed by atoms with van der Waals surface area (Å²) in [5, 5.41) is 0. The molecule has 2 heteroatoms. The van der Waals surface area contributed by atoms with E-state index in [0.29, 0.717) is 0 Å². The molecule has 0 aliphatic heterocycles. The fraction of sp³-hybridized carbons (Fsp3) is 0.250. The van der Waals surface area contributed by atoms with Gasteiger partial charge < -0.3 is 0 Å². The van der Waals surface area contributed by atoms with Gasteiger partial charge in [0.25, 0.3) is 0 Å². The topological polar surface area (TPSA) is 12.4 Å². The minimum absolute atomic E-state index is 0.948. The molecule has 0 atom stereocenters. The van der Waals surface area contributed by atoms with Crippen molar-refractivity contribution in [1.29, 1.82) is 0 Å². The summed E-state index contributed by atoms with van der Waals surface area (Å²) in [6, 6.07) is 9.69. The van der Waals surface area contributed by atoms with Crippen LogP contribution in [0.3, 0.4) is 0 Å². The highest BCUT2D eigenvalue weighted by atomic mass is 31.0. The Morgan fingerprint density at radius 2 is 1.60 bits per heavy atom. The molecule has 0 saturated carbocycles. The zero-order valence-electron chi connectivity index (χ0n) is 6.33. The van der Waals surface area contributed by atoms with Gasteiger partial charge in [0.1, 0.15) is 0 Å². The Balaban J connectivity index is 0.000000371. The maximum absolute atomic E-state index is 3.78. The summed E-state index contributed by atoms with van der Waals surface area (Å²) in [4.78, 5) is 0. The minimum atomic E-state index is 0.948. The van der Waals surface area contributed by atoms with Crippen LogP contribution in [0.15, 0.2) is 35.1 Å². The van der Waals surface area contributed by atoms with Crippen molar-refractivity contribution >= 4 is 14.7 Å². The Morgan fingerprint density at radius 1 is 1.10 bits per heavy atom. The zero-order valence-corrected chi connectivity index (χ0v) is 7.33. The summed E-state index contributed by atoms with van der Waals surface area (Å²) < 4.78 is 3.78. The van der Waals surface area contributed by atoms with Crippen LogP contribution in [0.1, 0.15) is 13.8 Å². The van der Waals surface area contributed by atoms with Gasteiger partial charge in [-0.25, -0.2) is 4.74 Å². The van der Waals surface area contributed by atoms with Crippen LogP contribution >= 0.6 is 9.03 Å². The zero-order chi connectivity index (χ0) is 7.82. The standard InChI is InChI=1S/C6H6NP.C2H6/c8-7-6-4-2-1-3-5-6;1-2/h1-5,8H;1-2H3. The lowest BCUT2D eigenvalue weighted by atomic mass is 10.3. The molecular formula is C8H12NP. The number of benzene rings is 1. The Bertz CT molecular complexity index is 172. The van der Waals surface area contributed by atoms with Gasteiger partial charge in [-0.15, -0.1) is 0 Å². The van der Waals surface area contributed by atoms with Gasteiger partial charge in [-0.3, -0.25) is 0 Å². The maximum Gasteiger partial charge on any atom is 0.0672 e. The summed E-state index contributed by atoms with van der Waals surface area (Å²) in [6.07, 6.45) is 0. The molecule has 0 saturated heterocycles. The van der Waals surface area contributed by atoms with Crippen LogP contribution < -0.4 is 0 Å². The molecule has 0 spiro atoms. The molecule has 1 rings (SSSR count). The van der Waals surface area contributed by atoms with Crippen LogP contribution in [0.2, 0.25) is 0 Å². The van der Waals surface area contributed by atoms with Gasteiger partial charge in [0.05, 0.1) is 5.69 Å². The highest BCUT2D eigenvalue weighted by molar-refractivity contribution is 7.04. The number of hydrogen-bond donors (Lipinski definition) is 0. The summed E-state index contributed by atoms with van der Waals surface area (Å²) in [6.45, 7) is 4.00. The van der Waals surface area contributed by atoms with Crippen molar-refractivity contribution in [2.45, 2.75) is 13.8 Å². The molecule has 1 nitrogen and oxygen atoms in total. The first kappa shape index (κ1) is 9.32. The van der Waals surface area contributed by atoms with E-state index in [1.807, 2.05) is 44.2 Å². The van der Waals surface area contributed by atoms with Crippen LogP contribution in [0.4, 0.5) is 5.69 Å². The van der Waals surface area contributed by atoms with E-state index in [9.17, 15) is 0 Å². The third-order valence-electron chi connectivity index (χ3n) is 0.885. The molecule has 0 radical (unpaired) electrons. The fourth-order valence-corrected chi connectivity index (χ4v) is 0.652. The summed E-state index contributed by atoms with van der Waals surface area (Å²) in [5.74, 6) is 0. The monoisotopic (exact) mass is 153 g/mol. The van der Waals surface area contributed by atoms with Crippen molar-refractivity contribution in [2.75, 3.05) is 0 Å². The summed E-state index contributed by atoms with van der Waals surface area (Å²) in [5.41, 5.74) is 0.948. The fourth-order valence-electron chi connectivity index (χ4n) is 0.503. The highest BCUT2D eigenvalue weighted by Crippen LogP contribution is 2.09. The Labute approximate surface area is 64.4 Å². The molecule has 0 aliphatic rings. The molecule has 0 aliphatic carbocycles. The van der Waals surface area contributed by atoms with Crippen LogP contribution in [-0.4, -0.2) is 0 Å². The average Bonchev–Trinajstić information content (AvgIpc) is 2.10. The minimum Gasteiger partial charge on any atom is -0.236 e. The smallest absolute Gasteiger partial charge is 0.0672 e. The van der Waals surface area contributed by atoms with Crippen LogP contribution in [0.5, 0.6) is 0 Å². The van der Waals surface area contributed by atoms with Gasteiger partial charge in [-0.05, 0) is 21.2 Å². The summed E-state index contributed by atoms with van der Waals surface area (Å²) >= 11 is 0. The quantitative estimate of drug-likeness (QED) is 0.546. The molecule has 0 fully saturated rings. The lowest BCUT2D eigenvalue weighted by Gasteiger charge is -1.84. The predicted octanol–water partition coefficient (Wildman–Crippen LogP) is 3.67. The average molecular weight is 153 g/mol. The van der Waals surface area contributed by atoms with E-state index in [1.165, 1.54) is 0 Å². The molecule has 1 aromatic rings. The van der Waals surface area contributed by atoms with E-state index in [-0.39, 0.29) is 0 Å². The maximum atomic E-state index is 3.78. The Hall–Kier alpha value is -0.680. The third-order valence-corrected chi connectivity index (χ3v) is 1.14. The van der Waals surface area contributed by atoms with E-state index in [1.54, 1.807) is 0 Å². The Morgan fingerprint density at radius 3 is 1.90 bits per heavy atom. The van der Waals surface area contributed by atoms with E-state index >= 15 is 0 Å². The SMILES string of the molecule is CC.P=Nc1ccccc1. The van der Waals surface area contributed by atoms with E-state index in [0.717, 1.165) is 5.69 Å². The van der Waals surface area contributed by atoms with Crippen LogP contribution in [-0.2, 0) is 0 Å². The highest BCUT2D eigenvalue weighted by Gasteiger charge is 1.77. The van der Waals surface area contributed by atoms with Crippen molar-refractivity contribution in [2.24, 2.45) is 4.74 Å². The normalized spacial score (nSPS) is 7.40. The third kappa shape index (κ3) is 3.37. The molecule has 0 aromatic heterocycles. The molecule has 0 unspecified atom stereocenters. The predicted molar refractivity (Wildman–Crippen MR) is 48.2 cm³/mol. The van der Waals surface area contributed by atoms with Crippen molar-refractivity contribution in [3.05, 3.63) is 30.3 Å². The first-order valence-electron chi connectivity index (χ1n) is 3.36. The number of rotatable bonds is 1. The van der Waals surface area contributed by atoms with Crippen LogP contribution in [0.25, 0.3) is 0 Å². The van der Waals surface area contributed by atoms with Crippen molar-refractivity contribution in [3.63, 3.8) is 0 Å². The second-order valence-corrected chi connectivity index (χ2v) is 1.67. The molecular weight excluding hydrogens is 141 g/mol. The number of hydrogen-bond acceptors (Lipinski definition) is 1. The Kier molecular flexibility index (Phi) is 6.00. The molecule has 54 valence electrons. The van der Waals surface area contributed by atoms with E-state index < -0.39 is 0 Å². The van der Waals surface area contributed by atoms with Gasteiger partial charge in [0.15, 0.2) is 0 Å². The second-order valence-electron chi connectivity index (χ2n) is 1.45. The first-order valence-corrected chi connectivity index (χ1v) is 3.81. The number of nitrogens with zero attached hydrogens (tertiary/aromatic N) is 1. The van der Waals surface area contributed by atoms with Crippen molar-refractivity contribution < 1.29 is 0 Å². The molecule has 0 N–H and O–H groups in total. The van der Waals surface area contributed by atoms with Crippen molar-refractivity contribution in [1.82, 2.24) is 0 Å². The summed E-state index contributed by atoms with van der Waals surface area (Å²) in [7, 11) is 3.03. The van der Waals surface area contributed by atoms with Crippen LogP contribution in [0, 0.1) is 0 Å². The molecule has 10 heavy (non-hydrogen) atoms. The van der Waals surface area contributed by atoms with E-state index in [4.69, 9.17) is 0 Å². The molecule has 0 heterocycles. The van der Waals surface area contributed by atoms with Gasteiger partial charge >= 0.3 is 0 Å². The lowest BCUT2D eigenvalue weighted by Crippen LogP contribution is -1.55. The molecule has 1 aromatic carbocycles. The molecule has 0 amide bonds. The van der Waals surface area contributed by atoms with Gasteiger partial charge in [0, 0.05) is 0 Å². The van der Waals surface area contributed by atoms with E-state index in [2.05, 4.69) is 13.8 Å². The number of para-hydroxylation sites is 1. The van der Waals surface area contributed by atoms with Gasteiger partial charge in [-0.1, -0.05) is 32.0 Å². The van der Waals surface area contributed by atoms with Gasteiger partial charge in [-0.2, -0.15) is 0 Å². The lowest BCUT2D eigenvalue weighted by molar-refractivity contribution is 1.50. The van der Waals surface area contributed by atoms with Crippen molar-refractivity contribution in [3.8, 4) is 0 Å². The second kappa shape index (κ2) is 6.44. The molecule has 0 bridgehead atoms. The largest absolute Gasteiger partial charge is 0.236 e. The van der Waals surface area contributed by atoms with Gasteiger partial charge in [0.2, 0.25) is 0 Å².